The summed E-state index contributed by atoms with van der Waals surface area (Å²) < 4.78 is 0.852. The Morgan fingerprint density at radius 3 is 2.50 bits per heavy atom. The van der Waals surface area contributed by atoms with Gasteiger partial charge in [-0.2, -0.15) is 0 Å². The number of aryl methyl sites for hydroxylation is 1. The van der Waals surface area contributed by atoms with E-state index in [1.165, 1.54) is 10.4 Å². The van der Waals surface area contributed by atoms with E-state index < -0.39 is 0 Å². The third kappa shape index (κ3) is 2.57. The number of halogens is 2. The van der Waals surface area contributed by atoms with Gasteiger partial charge in [0.2, 0.25) is 0 Å². The molecule has 1 heterocycles. The molecule has 1 unspecified atom stereocenters. The van der Waals surface area contributed by atoms with E-state index in [9.17, 15) is 0 Å². The van der Waals surface area contributed by atoms with Crippen LogP contribution in [-0.4, -0.2) is 7.05 Å². The van der Waals surface area contributed by atoms with Gasteiger partial charge in [-0.25, -0.2) is 0 Å². The second kappa shape index (κ2) is 5.62. The third-order valence-corrected chi connectivity index (χ3v) is 5.10. The molecule has 4 heteroatoms. The molecule has 1 nitrogen and oxygen atoms in total. The predicted molar refractivity (Wildman–Crippen MR) is 81.2 cm³/mol. The van der Waals surface area contributed by atoms with Crippen molar-refractivity contribution in [2.24, 2.45) is 0 Å². The minimum atomic E-state index is 0.139. The number of rotatable bonds is 3. The van der Waals surface area contributed by atoms with Gasteiger partial charge in [0.15, 0.2) is 0 Å². The second-order valence-corrected chi connectivity index (χ2v) is 6.37. The summed E-state index contributed by atoms with van der Waals surface area (Å²) in [6.45, 7) is 4.07. The molecule has 1 aromatic heterocycles. The van der Waals surface area contributed by atoms with Gasteiger partial charge in [0.25, 0.3) is 0 Å². The quantitative estimate of drug-likeness (QED) is 0.843. The second-order valence-electron chi connectivity index (χ2n) is 4.28. The van der Waals surface area contributed by atoms with Gasteiger partial charge in [0.1, 0.15) is 0 Å². The van der Waals surface area contributed by atoms with Gasteiger partial charge in [-0.15, -0.1) is 11.3 Å². The molecular weight excluding hydrogens is 285 g/mol. The fraction of sp³-hybridized carbons (Fsp3) is 0.286. The zero-order valence-corrected chi connectivity index (χ0v) is 12.9. The SMILES string of the molecule is CNC(c1cc(C)c(Cl)s1)c1cccc(Cl)c1C. The Morgan fingerprint density at radius 2 is 1.94 bits per heavy atom. The van der Waals surface area contributed by atoms with Gasteiger partial charge < -0.3 is 5.32 Å². The zero-order valence-electron chi connectivity index (χ0n) is 10.6. The Balaban J connectivity index is 2.48. The van der Waals surface area contributed by atoms with Gasteiger partial charge in [0.05, 0.1) is 10.4 Å². The molecule has 1 aromatic carbocycles. The largest absolute Gasteiger partial charge is 0.309 e. The van der Waals surface area contributed by atoms with E-state index >= 15 is 0 Å². The molecule has 1 atom stereocenters. The standard InChI is InChI=1S/C14H15Cl2NS/c1-8-7-12(18-14(8)16)13(17-3)10-5-4-6-11(15)9(10)2/h4-7,13,17H,1-3H3. The van der Waals surface area contributed by atoms with E-state index in [0.717, 1.165) is 20.5 Å². The topological polar surface area (TPSA) is 12.0 Å². The van der Waals surface area contributed by atoms with Crippen LogP contribution in [0.1, 0.15) is 27.6 Å². The Bertz CT molecular complexity index is 543. The van der Waals surface area contributed by atoms with Crippen molar-refractivity contribution in [3.05, 3.63) is 55.2 Å². The Kier molecular flexibility index (Phi) is 4.33. The first kappa shape index (κ1) is 13.9. The summed E-state index contributed by atoms with van der Waals surface area (Å²) in [6.07, 6.45) is 0. The van der Waals surface area contributed by atoms with E-state index in [-0.39, 0.29) is 6.04 Å². The van der Waals surface area contributed by atoms with Crippen molar-refractivity contribution < 1.29 is 0 Å². The smallest absolute Gasteiger partial charge is 0.0961 e. The number of thiophene rings is 1. The number of hydrogen-bond acceptors (Lipinski definition) is 2. The average molecular weight is 300 g/mol. The van der Waals surface area contributed by atoms with Crippen molar-refractivity contribution in [1.82, 2.24) is 5.32 Å². The fourth-order valence-corrected chi connectivity index (χ4v) is 3.54. The van der Waals surface area contributed by atoms with Crippen molar-refractivity contribution >= 4 is 34.5 Å². The van der Waals surface area contributed by atoms with Crippen LogP contribution in [-0.2, 0) is 0 Å². The summed E-state index contributed by atoms with van der Waals surface area (Å²) in [5.41, 5.74) is 3.43. The van der Waals surface area contributed by atoms with Crippen LogP contribution < -0.4 is 5.32 Å². The normalized spacial score (nSPS) is 12.7. The summed E-state index contributed by atoms with van der Waals surface area (Å²) in [4.78, 5) is 1.21. The lowest BCUT2D eigenvalue weighted by Crippen LogP contribution is -2.17. The minimum absolute atomic E-state index is 0.139. The van der Waals surface area contributed by atoms with Gasteiger partial charge in [0, 0.05) is 9.90 Å². The summed E-state index contributed by atoms with van der Waals surface area (Å²) in [6, 6.07) is 8.27. The highest BCUT2D eigenvalue weighted by Crippen LogP contribution is 2.36. The average Bonchev–Trinajstić information content (AvgIpc) is 2.66. The Morgan fingerprint density at radius 1 is 1.22 bits per heavy atom. The van der Waals surface area contributed by atoms with E-state index in [1.807, 2.05) is 33.0 Å². The molecule has 0 radical (unpaired) electrons. The van der Waals surface area contributed by atoms with Crippen LogP contribution in [0, 0.1) is 13.8 Å². The van der Waals surface area contributed by atoms with Crippen LogP contribution in [0.3, 0.4) is 0 Å². The predicted octanol–water partition coefficient (Wildman–Crippen LogP) is 4.98. The molecule has 0 saturated carbocycles. The lowest BCUT2D eigenvalue weighted by molar-refractivity contribution is 0.699. The molecule has 0 bridgehead atoms. The highest BCUT2D eigenvalue weighted by atomic mass is 35.5. The molecular formula is C14H15Cl2NS. The first-order valence-electron chi connectivity index (χ1n) is 5.72. The molecule has 18 heavy (non-hydrogen) atoms. The maximum absolute atomic E-state index is 6.19. The molecule has 0 aliphatic rings. The molecule has 2 aromatic rings. The number of nitrogens with one attached hydrogen (secondary N) is 1. The lowest BCUT2D eigenvalue weighted by Gasteiger charge is -2.18. The molecule has 0 aliphatic carbocycles. The molecule has 1 N–H and O–H groups in total. The maximum atomic E-state index is 6.19. The molecule has 2 rings (SSSR count). The van der Waals surface area contributed by atoms with Gasteiger partial charge in [-0.3, -0.25) is 0 Å². The Hall–Kier alpha value is -0.540. The molecule has 0 aliphatic heterocycles. The van der Waals surface area contributed by atoms with E-state index in [0.29, 0.717) is 0 Å². The summed E-state index contributed by atoms with van der Waals surface area (Å²) >= 11 is 14.0. The summed E-state index contributed by atoms with van der Waals surface area (Å²) in [5.74, 6) is 0. The fourth-order valence-electron chi connectivity index (χ4n) is 2.01. The number of hydrogen-bond donors (Lipinski definition) is 1. The summed E-state index contributed by atoms with van der Waals surface area (Å²) in [7, 11) is 1.95. The van der Waals surface area contributed by atoms with E-state index in [1.54, 1.807) is 11.3 Å². The molecule has 0 fully saturated rings. The zero-order chi connectivity index (χ0) is 13.3. The van der Waals surface area contributed by atoms with Crippen LogP contribution in [0.15, 0.2) is 24.3 Å². The van der Waals surface area contributed by atoms with Crippen molar-refractivity contribution in [3.63, 3.8) is 0 Å². The van der Waals surface area contributed by atoms with Crippen molar-refractivity contribution in [3.8, 4) is 0 Å². The van der Waals surface area contributed by atoms with Gasteiger partial charge >= 0.3 is 0 Å². The van der Waals surface area contributed by atoms with Crippen molar-refractivity contribution in [2.75, 3.05) is 7.05 Å². The van der Waals surface area contributed by atoms with Crippen LogP contribution >= 0.6 is 34.5 Å². The van der Waals surface area contributed by atoms with Crippen LogP contribution in [0.2, 0.25) is 9.36 Å². The lowest BCUT2D eigenvalue weighted by atomic mass is 10.00. The summed E-state index contributed by atoms with van der Waals surface area (Å²) in [5, 5.41) is 4.13. The highest BCUT2D eigenvalue weighted by Gasteiger charge is 2.18. The van der Waals surface area contributed by atoms with Crippen molar-refractivity contribution in [2.45, 2.75) is 19.9 Å². The molecule has 0 amide bonds. The monoisotopic (exact) mass is 299 g/mol. The number of benzene rings is 1. The van der Waals surface area contributed by atoms with Crippen LogP contribution in [0.4, 0.5) is 0 Å². The first-order chi connectivity index (χ1) is 8.54. The van der Waals surface area contributed by atoms with Crippen LogP contribution in [0.5, 0.6) is 0 Å². The van der Waals surface area contributed by atoms with Crippen LogP contribution in [0.25, 0.3) is 0 Å². The third-order valence-electron chi connectivity index (χ3n) is 3.07. The maximum Gasteiger partial charge on any atom is 0.0961 e. The first-order valence-corrected chi connectivity index (χ1v) is 7.30. The van der Waals surface area contributed by atoms with Gasteiger partial charge in [-0.1, -0.05) is 35.3 Å². The van der Waals surface area contributed by atoms with Gasteiger partial charge in [-0.05, 0) is 49.7 Å². The molecule has 0 spiro atoms. The highest BCUT2D eigenvalue weighted by molar-refractivity contribution is 7.16. The van der Waals surface area contributed by atoms with E-state index in [2.05, 4.69) is 17.4 Å². The molecule has 0 saturated heterocycles. The van der Waals surface area contributed by atoms with Crippen molar-refractivity contribution in [1.29, 1.82) is 0 Å². The Labute approximate surface area is 122 Å². The molecule has 96 valence electrons. The van der Waals surface area contributed by atoms with E-state index in [4.69, 9.17) is 23.2 Å². The minimum Gasteiger partial charge on any atom is -0.309 e.